The fourth-order valence-electron chi connectivity index (χ4n) is 1.93. The summed E-state index contributed by atoms with van der Waals surface area (Å²) in [6, 6.07) is 0.738. The van der Waals surface area contributed by atoms with Crippen molar-refractivity contribution in [3.8, 4) is 0 Å². The Bertz CT molecular complexity index is 356. The van der Waals surface area contributed by atoms with Crippen LogP contribution < -0.4 is 16.0 Å². The smallest absolute Gasteiger partial charge is 0.242 e. The zero-order valence-corrected chi connectivity index (χ0v) is 14.3. The molecule has 0 heterocycles. The van der Waals surface area contributed by atoms with Crippen LogP contribution in [0.15, 0.2) is 4.99 Å². The number of hydrogen-bond acceptors (Lipinski definition) is 2. The summed E-state index contributed by atoms with van der Waals surface area (Å²) in [6.45, 7) is 11.9. The first kappa shape index (κ1) is 17.8. The number of guanidine groups is 1. The average molecular weight is 296 g/mol. The Morgan fingerprint density at radius 3 is 2.52 bits per heavy atom. The van der Waals surface area contributed by atoms with Gasteiger partial charge in [0.05, 0.1) is 0 Å². The van der Waals surface area contributed by atoms with Gasteiger partial charge < -0.3 is 16.0 Å². The number of amides is 1. The summed E-state index contributed by atoms with van der Waals surface area (Å²) >= 11 is 0. The Kier molecular flexibility index (Phi) is 6.99. The lowest BCUT2D eigenvalue weighted by molar-refractivity contribution is -0.119. The van der Waals surface area contributed by atoms with Crippen molar-refractivity contribution < 1.29 is 4.79 Å². The maximum Gasteiger partial charge on any atom is 0.242 e. The zero-order chi connectivity index (χ0) is 15.9. The van der Waals surface area contributed by atoms with E-state index in [0.29, 0.717) is 17.5 Å². The van der Waals surface area contributed by atoms with Crippen LogP contribution in [0.25, 0.3) is 0 Å². The second-order valence-corrected chi connectivity index (χ2v) is 7.18. The molecule has 0 spiro atoms. The molecule has 1 fully saturated rings. The van der Waals surface area contributed by atoms with Gasteiger partial charge in [-0.25, -0.2) is 4.99 Å². The number of carbonyl (C=O) groups is 1. The predicted molar refractivity (Wildman–Crippen MR) is 88.4 cm³/mol. The molecule has 1 atom stereocenters. The number of carbonyl (C=O) groups excluding carboxylic acids is 1. The van der Waals surface area contributed by atoms with Crippen molar-refractivity contribution in [2.24, 2.45) is 10.4 Å². The van der Waals surface area contributed by atoms with E-state index < -0.39 is 0 Å². The van der Waals surface area contributed by atoms with E-state index in [1.807, 2.05) is 6.92 Å². The first-order valence-electron chi connectivity index (χ1n) is 8.14. The number of nitrogens with one attached hydrogen (secondary N) is 3. The first-order valence-corrected chi connectivity index (χ1v) is 8.14. The molecule has 0 aromatic rings. The van der Waals surface area contributed by atoms with Gasteiger partial charge in [0.2, 0.25) is 5.91 Å². The topological polar surface area (TPSA) is 65.5 Å². The molecule has 1 unspecified atom stereocenters. The van der Waals surface area contributed by atoms with Gasteiger partial charge >= 0.3 is 0 Å². The number of rotatable bonds is 7. The third kappa shape index (κ3) is 9.32. The van der Waals surface area contributed by atoms with Crippen molar-refractivity contribution in [2.45, 2.75) is 72.4 Å². The lowest BCUT2D eigenvalue weighted by Crippen LogP contribution is -2.43. The number of hydrogen-bond donors (Lipinski definition) is 3. The molecule has 0 bridgehead atoms. The second-order valence-electron chi connectivity index (χ2n) is 7.18. The van der Waals surface area contributed by atoms with Crippen LogP contribution in [0.1, 0.15) is 60.3 Å². The van der Waals surface area contributed by atoms with Gasteiger partial charge in [0.25, 0.3) is 0 Å². The van der Waals surface area contributed by atoms with Crippen LogP contribution in [0.5, 0.6) is 0 Å². The summed E-state index contributed by atoms with van der Waals surface area (Å²) in [7, 11) is 0. The first-order chi connectivity index (χ1) is 9.80. The van der Waals surface area contributed by atoms with E-state index in [2.05, 4.69) is 48.6 Å². The van der Waals surface area contributed by atoms with Gasteiger partial charge in [-0.3, -0.25) is 4.79 Å². The van der Waals surface area contributed by atoms with Gasteiger partial charge in [-0.1, -0.05) is 20.8 Å². The minimum atomic E-state index is 0.0112. The maximum atomic E-state index is 11.7. The minimum absolute atomic E-state index is 0.0112. The molecule has 0 aliphatic heterocycles. The Morgan fingerprint density at radius 1 is 1.33 bits per heavy atom. The molecule has 1 aliphatic carbocycles. The van der Waals surface area contributed by atoms with Gasteiger partial charge in [-0.2, -0.15) is 0 Å². The van der Waals surface area contributed by atoms with Crippen molar-refractivity contribution in [3.63, 3.8) is 0 Å². The van der Waals surface area contributed by atoms with E-state index in [9.17, 15) is 4.79 Å². The zero-order valence-electron chi connectivity index (χ0n) is 14.3. The molecule has 1 amide bonds. The molecule has 5 nitrogen and oxygen atoms in total. The standard InChI is InChI=1S/C16H32N4O/c1-6-17-15(18-11-14(21)20-13-7-8-13)19-12(2)9-10-16(3,4)5/h12-13H,6-11H2,1-5H3,(H,20,21)(H2,17,18,19). The highest BCUT2D eigenvalue weighted by Gasteiger charge is 2.22. The summed E-state index contributed by atoms with van der Waals surface area (Å²) in [5.74, 6) is 0.738. The van der Waals surface area contributed by atoms with Gasteiger partial charge in [0.15, 0.2) is 5.96 Å². The van der Waals surface area contributed by atoms with Crippen LogP contribution in [0.4, 0.5) is 0 Å². The fraction of sp³-hybridized carbons (Fsp3) is 0.875. The summed E-state index contributed by atoms with van der Waals surface area (Å²) in [5.41, 5.74) is 0.343. The largest absolute Gasteiger partial charge is 0.357 e. The molecule has 1 rings (SSSR count). The van der Waals surface area contributed by atoms with E-state index in [-0.39, 0.29) is 12.5 Å². The van der Waals surface area contributed by atoms with Gasteiger partial charge in [-0.05, 0) is 44.9 Å². The highest BCUT2D eigenvalue weighted by atomic mass is 16.2. The Hall–Kier alpha value is -1.26. The van der Waals surface area contributed by atoms with Crippen molar-refractivity contribution in [1.82, 2.24) is 16.0 Å². The Morgan fingerprint density at radius 2 is 2.00 bits per heavy atom. The van der Waals surface area contributed by atoms with Crippen molar-refractivity contribution >= 4 is 11.9 Å². The quantitative estimate of drug-likeness (QED) is 0.497. The maximum absolute atomic E-state index is 11.7. The van der Waals surface area contributed by atoms with Gasteiger partial charge in [0, 0.05) is 18.6 Å². The average Bonchev–Trinajstić information content (AvgIpc) is 3.17. The third-order valence-electron chi connectivity index (χ3n) is 3.38. The minimum Gasteiger partial charge on any atom is -0.357 e. The molecule has 122 valence electrons. The molecule has 21 heavy (non-hydrogen) atoms. The van der Waals surface area contributed by atoms with Crippen LogP contribution in [0.3, 0.4) is 0 Å². The molecule has 0 radical (unpaired) electrons. The predicted octanol–water partition coefficient (Wildman–Crippen LogP) is 2.03. The summed E-state index contributed by atoms with van der Waals surface area (Å²) in [4.78, 5) is 16.0. The highest BCUT2D eigenvalue weighted by molar-refractivity contribution is 5.85. The normalized spacial score (nSPS) is 17.3. The Labute approximate surface area is 129 Å². The summed E-state index contributed by atoms with van der Waals surface area (Å²) in [5, 5.41) is 9.52. The molecule has 3 N–H and O–H groups in total. The SMILES string of the molecule is CCNC(=NCC(=O)NC1CC1)NC(C)CCC(C)(C)C. The molecule has 0 aromatic carbocycles. The van der Waals surface area contributed by atoms with E-state index in [1.54, 1.807) is 0 Å². The number of aliphatic imine (C=N–C) groups is 1. The van der Waals surface area contributed by atoms with Gasteiger partial charge in [0.1, 0.15) is 6.54 Å². The molecule has 5 heteroatoms. The van der Waals surface area contributed by atoms with E-state index in [4.69, 9.17) is 0 Å². The van der Waals surface area contributed by atoms with Crippen LogP contribution in [-0.4, -0.2) is 37.0 Å². The van der Waals surface area contributed by atoms with Crippen LogP contribution in [0.2, 0.25) is 0 Å². The highest BCUT2D eigenvalue weighted by Crippen LogP contribution is 2.21. The number of nitrogens with zero attached hydrogens (tertiary/aromatic N) is 1. The van der Waals surface area contributed by atoms with Crippen molar-refractivity contribution in [2.75, 3.05) is 13.1 Å². The van der Waals surface area contributed by atoms with E-state index in [1.165, 1.54) is 0 Å². The van der Waals surface area contributed by atoms with Crippen molar-refractivity contribution in [1.29, 1.82) is 0 Å². The molecule has 1 saturated carbocycles. The van der Waals surface area contributed by atoms with Crippen LogP contribution in [-0.2, 0) is 4.79 Å². The Balaban J connectivity index is 2.37. The summed E-state index contributed by atoms with van der Waals surface area (Å²) < 4.78 is 0. The monoisotopic (exact) mass is 296 g/mol. The summed E-state index contributed by atoms with van der Waals surface area (Å²) in [6.07, 6.45) is 4.46. The lowest BCUT2D eigenvalue weighted by atomic mass is 9.89. The molecular formula is C16H32N4O. The molecule has 0 aromatic heterocycles. The van der Waals surface area contributed by atoms with Gasteiger partial charge in [-0.15, -0.1) is 0 Å². The van der Waals surface area contributed by atoms with E-state index >= 15 is 0 Å². The molecule has 0 saturated heterocycles. The van der Waals surface area contributed by atoms with Crippen LogP contribution >= 0.6 is 0 Å². The second kappa shape index (κ2) is 8.25. The lowest BCUT2D eigenvalue weighted by Gasteiger charge is -2.23. The fourth-order valence-corrected chi connectivity index (χ4v) is 1.93. The third-order valence-corrected chi connectivity index (χ3v) is 3.38. The van der Waals surface area contributed by atoms with Crippen LogP contribution in [0, 0.1) is 5.41 Å². The molecule has 1 aliphatic rings. The van der Waals surface area contributed by atoms with Crippen molar-refractivity contribution in [3.05, 3.63) is 0 Å². The van der Waals surface area contributed by atoms with E-state index in [0.717, 1.165) is 38.2 Å². The molecular weight excluding hydrogens is 264 g/mol.